The topological polar surface area (TPSA) is 29.5 Å². The van der Waals surface area contributed by atoms with Gasteiger partial charge in [-0.1, -0.05) is 107 Å². The normalized spacial score (nSPS) is 11.3. The lowest BCUT2D eigenvalue weighted by atomic mass is 10.1. The second-order valence-electron chi connectivity index (χ2n) is 7.78. The first-order valence-electron chi connectivity index (χ1n) is 11.8. The van der Waals surface area contributed by atoms with Gasteiger partial charge < -0.3 is 4.84 Å². The lowest BCUT2D eigenvalue weighted by Gasteiger charge is -2.21. The quantitative estimate of drug-likeness (QED) is 0.102. The first-order chi connectivity index (χ1) is 13.2. The summed E-state index contributed by atoms with van der Waals surface area (Å²) in [5, 5.41) is 3.02. The molecule has 0 N–H and O–H groups in total. The van der Waals surface area contributed by atoms with Gasteiger partial charge in [0.15, 0.2) is 0 Å². The summed E-state index contributed by atoms with van der Waals surface area (Å²) < 4.78 is 0. The van der Waals surface area contributed by atoms with Crippen LogP contribution in [0.25, 0.3) is 0 Å². The molecule has 0 spiro atoms. The maximum atomic E-state index is 12.2. The number of hydroxylamine groups is 2. The number of nitrogens with zero attached hydrogens (tertiary/aromatic N) is 1. The van der Waals surface area contributed by atoms with Crippen molar-refractivity contribution < 1.29 is 9.63 Å². The Morgan fingerprint density at radius 1 is 0.667 bits per heavy atom. The van der Waals surface area contributed by atoms with Crippen molar-refractivity contribution in [3.63, 3.8) is 0 Å². The fourth-order valence-electron chi connectivity index (χ4n) is 3.25. The monoisotopic (exact) mass is 447 g/mol. The molecule has 162 valence electrons. The number of hydrogen-bond acceptors (Lipinski definition) is 3. The Morgan fingerprint density at radius 3 is 1.63 bits per heavy atom. The minimum absolute atomic E-state index is 0.0363. The number of halogens is 1. The van der Waals surface area contributed by atoms with Gasteiger partial charge in [0.05, 0.1) is 0 Å². The number of unbranched alkanes of at least 4 members (excludes halogenated alkanes) is 13. The van der Waals surface area contributed by atoms with Gasteiger partial charge in [-0.3, -0.25) is 4.79 Å². The molecule has 27 heavy (non-hydrogen) atoms. The van der Waals surface area contributed by atoms with Crippen LogP contribution in [-0.2, 0) is 9.63 Å². The van der Waals surface area contributed by atoms with Crippen LogP contribution in [0.3, 0.4) is 0 Å². The largest absolute Gasteiger partial charge is 0.368 e. The van der Waals surface area contributed by atoms with Crippen molar-refractivity contribution >= 4 is 21.9 Å². The van der Waals surface area contributed by atoms with Gasteiger partial charge in [0.2, 0.25) is 0 Å². The van der Waals surface area contributed by atoms with E-state index in [1.165, 1.54) is 77.0 Å². The Balaban J connectivity index is 4.00. The van der Waals surface area contributed by atoms with E-state index in [-0.39, 0.29) is 5.97 Å². The molecule has 0 aliphatic rings. The summed E-state index contributed by atoms with van der Waals surface area (Å²) in [5.74, 6) is -0.0363. The van der Waals surface area contributed by atoms with Crippen LogP contribution in [0.15, 0.2) is 0 Å². The van der Waals surface area contributed by atoms with Crippen LogP contribution in [0.5, 0.6) is 0 Å². The number of hydrogen-bond donors (Lipinski definition) is 0. The minimum Gasteiger partial charge on any atom is -0.368 e. The van der Waals surface area contributed by atoms with Crippen LogP contribution in [0.2, 0.25) is 0 Å². The highest BCUT2D eigenvalue weighted by Gasteiger charge is 2.11. The minimum atomic E-state index is -0.0363. The third-order valence-corrected chi connectivity index (χ3v) is 5.58. The van der Waals surface area contributed by atoms with Gasteiger partial charge in [-0.25, -0.2) is 0 Å². The van der Waals surface area contributed by atoms with E-state index in [2.05, 4.69) is 29.8 Å². The molecule has 0 unspecified atom stereocenters. The molecule has 0 saturated heterocycles. The van der Waals surface area contributed by atoms with Gasteiger partial charge >= 0.3 is 5.97 Å². The summed E-state index contributed by atoms with van der Waals surface area (Å²) in [6.07, 6.45) is 20.3. The highest BCUT2D eigenvalue weighted by Crippen LogP contribution is 2.11. The summed E-state index contributed by atoms with van der Waals surface area (Å²) in [4.78, 5) is 17.9. The molecule has 0 bridgehead atoms. The molecule has 0 heterocycles. The van der Waals surface area contributed by atoms with Crippen molar-refractivity contribution in [3.05, 3.63) is 0 Å². The van der Waals surface area contributed by atoms with Crippen molar-refractivity contribution in [2.24, 2.45) is 0 Å². The molecule has 4 heteroatoms. The Labute approximate surface area is 178 Å². The fourth-order valence-corrected chi connectivity index (χ4v) is 3.64. The lowest BCUT2D eigenvalue weighted by molar-refractivity contribution is -0.191. The molecule has 0 atom stereocenters. The predicted octanol–water partition coefficient (Wildman–Crippen LogP) is 7.81. The van der Waals surface area contributed by atoms with Crippen molar-refractivity contribution in [2.75, 3.05) is 18.4 Å². The molecule has 0 radical (unpaired) electrons. The number of carbonyl (C=O) groups excluding carboxylic acids is 1. The molecule has 0 aliphatic carbocycles. The van der Waals surface area contributed by atoms with Crippen molar-refractivity contribution in [1.82, 2.24) is 5.06 Å². The zero-order valence-corrected chi connectivity index (χ0v) is 19.9. The zero-order chi connectivity index (χ0) is 20.0. The van der Waals surface area contributed by atoms with Gasteiger partial charge in [0.25, 0.3) is 0 Å². The molecule has 0 saturated carbocycles. The Morgan fingerprint density at radius 2 is 1.11 bits per heavy atom. The molecule has 0 rings (SSSR count). The molecule has 0 aromatic heterocycles. The molecular formula is C23H46BrNO2. The molecular weight excluding hydrogens is 402 g/mol. The summed E-state index contributed by atoms with van der Waals surface area (Å²) >= 11 is 3.45. The van der Waals surface area contributed by atoms with Gasteiger partial charge in [-0.2, -0.15) is 0 Å². The number of carbonyl (C=O) groups is 1. The Bertz CT molecular complexity index is 297. The average Bonchev–Trinajstić information content (AvgIpc) is 2.66. The van der Waals surface area contributed by atoms with Crippen LogP contribution >= 0.6 is 15.9 Å². The van der Waals surface area contributed by atoms with E-state index in [4.69, 9.17) is 4.84 Å². The van der Waals surface area contributed by atoms with Crippen LogP contribution in [0.1, 0.15) is 123 Å². The molecule has 0 aromatic carbocycles. The van der Waals surface area contributed by atoms with Gasteiger partial charge in [0, 0.05) is 24.8 Å². The highest BCUT2D eigenvalue weighted by atomic mass is 79.9. The first-order valence-corrected chi connectivity index (χ1v) is 12.9. The molecule has 0 amide bonds. The van der Waals surface area contributed by atoms with Crippen molar-refractivity contribution in [3.8, 4) is 0 Å². The van der Waals surface area contributed by atoms with E-state index >= 15 is 0 Å². The van der Waals surface area contributed by atoms with E-state index in [1.54, 1.807) is 0 Å². The van der Waals surface area contributed by atoms with E-state index in [0.29, 0.717) is 6.42 Å². The standard InChI is InChI=1S/C23H46BrNO2/c1-3-5-7-9-13-17-21-25(22-18-14-10-8-6-4-2)27-23(26)19-15-11-12-16-20-24/h3-22H2,1-2H3. The smallest absolute Gasteiger partial charge is 0.325 e. The second kappa shape index (κ2) is 22.2. The average molecular weight is 449 g/mol. The zero-order valence-electron chi connectivity index (χ0n) is 18.3. The van der Waals surface area contributed by atoms with E-state index in [9.17, 15) is 4.79 Å². The van der Waals surface area contributed by atoms with Gasteiger partial charge in [-0.15, -0.1) is 5.06 Å². The Kier molecular flexibility index (Phi) is 22.1. The molecule has 0 aromatic rings. The first kappa shape index (κ1) is 26.9. The Hall–Kier alpha value is -0.0900. The maximum absolute atomic E-state index is 12.2. The SMILES string of the molecule is CCCCCCCCN(CCCCCCCC)OC(=O)CCCCCCBr. The summed E-state index contributed by atoms with van der Waals surface area (Å²) in [6, 6.07) is 0. The highest BCUT2D eigenvalue weighted by molar-refractivity contribution is 9.09. The third kappa shape index (κ3) is 20.5. The van der Waals surface area contributed by atoms with E-state index in [1.807, 2.05) is 5.06 Å². The van der Waals surface area contributed by atoms with E-state index in [0.717, 1.165) is 44.1 Å². The fraction of sp³-hybridized carbons (Fsp3) is 0.957. The van der Waals surface area contributed by atoms with Gasteiger partial charge in [-0.05, 0) is 25.7 Å². The third-order valence-electron chi connectivity index (χ3n) is 5.02. The van der Waals surface area contributed by atoms with Crippen LogP contribution < -0.4 is 0 Å². The van der Waals surface area contributed by atoms with Crippen LogP contribution in [0, 0.1) is 0 Å². The summed E-state index contributed by atoms with van der Waals surface area (Å²) in [7, 11) is 0. The number of alkyl halides is 1. The van der Waals surface area contributed by atoms with Crippen molar-refractivity contribution in [2.45, 2.75) is 123 Å². The second-order valence-corrected chi connectivity index (χ2v) is 8.57. The van der Waals surface area contributed by atoms with Crippen LogP contribution in [-0.4, -0.2) is 29.5 Å². The predicted molar refractivity (Wildman–Crippen MR) is 121 cm³/mol. The molecule has 0 fully saturated rings. The van der Waals surface area contributed by atoms with Gasteiger partial charge in [0.1, 0.15) is 0 Å². The maximum Gasteiger partial charge on any atom is 0.325 e. The molecule has 3 nitrogen and oxygen atoms in total. The van der Waals surface area contributed by atoms with E-state index < -0.39 is 0 Å². The number of rotatable bonds is 21. The molecule has 0 aliphatic heterocycles. The summed E-state index contributed by atoms with van der Waals surface area (Å²) in [6.45, 7) is 6.30. The lowest BCUT2D eigenvalue weighted by Crippen LogP contribution is -2.29. The van der Waals surface area contributed by atoms with Crippen molar-refractivity contribution in [1.29, 1.82) is 0 Å². The summed E-state index contributed by atoms with van der Waals surface area (Å²) in [5.41, 5.74) is 0. The van der Waals surface area contributed by atoms with Crippen LogP contribution in [0.4, 0.5) is 0 Å².